The number of hydrogen-bond acceptors (Lipinski definition) is 5. The summed E-state index contributed by atoms with van der Waals surface area (Å²) in [6.07, 6.45) is 1.65. The lowest BCUT2D eigenvalue weighted by Crippen LogP contribution is -2.31. The molecular formula is C28H33N3O2. The highest BCUT2D eigenvalue weighted by molar-refractivity contribution is 5.94. The van der Waals surface area contributed by atoms with Crippen LogP contribution in [0.25, 0.3) is 0 Å². The Bertz CT molecular complexity index is 1130. The zero-order valence-corrected chi connectivity index (χ0v) is 20.3. The van der Waals surface area contributed by atoms with Crippen molar-refractivity contribution in [1.82, 2.24) is 4.98 Å². The summed E-state index contributed by atoms with van der Waals surface area (Å²) < 4.78 is 6.25. The van der Waals surface area contributed by atoms with E-state index in [4.69, 9.17) is 4.74 Å². The van der Waals surface area contributed by atoms with E-state index in [1.54, 1.807) is 6.20 Å². The maximum atomic E-state index is 13.0. The number of rotatable bonds is 8. The Morgan fingerprint density at radius 1 is 0.818 bits per heavy atom. The van der Waals surface area contributed by atoms with Crippen LogP contribution in [0.1, 0.15) is 60.4 Å². The molecule has 0 spiro atoms. The molecule has 5 nitrogen and oxygen atoms in total. The number of pyridine rings is 1. The summed E-state index contributed by atoms with van der Waals surface area (Å²) in [5, 5.41) is 0. The van der Waals surface area contributed by atoms with Crippen molar-refractivity contribution in [2.75, 3.05) is 36.0 Å². The van der Waals surface area contributed by atoms with Gasteiger partial charge in [0, 0.05) is 60.4 Å². The second kappa shape index (κ2) is 9.26. The van der Waals surface area contributed by atoms with E-state index in [0.717, 1.165) is 54.1 Å². The summed E-state index contributed by atoms with van der Waals surface area (Å²) in [6, 6.07) is 18.7. The van der Waals surface area contributed by atoms with Gasteiger partial charge in [0.05, 0.1) is 0 Å². The molecule has 172 valence electrons. The minimum absolute atomic E-state index is 0.384. The first-order valence-electron chi connectivity index (χ1n) is 11.9. The SMILES string of the molecule is CCN(CC)c1ccc(C2(c3ccc(N(CC)CC)cc3C)OC(=O)c3ncccc32)cc1. The predicted molar refractivity (Wildman–Crippen MR) is 134 cm³/mol. The van der Waals surface area contributed by atoms with Crippen molar-refractivity contribution < 1.29 is 9.53 Å². The minimum Gasteiger partial charge on any atom is -0.439 e. The van der Waals surface area contributed by atoms with Gasteiger partial charge in [-0.1, -0.05) is 24.3 Å². The Hall–Kier alpha value is -3.34. The molecule has 1 aliphatic heterocycles. The number of anilines is 2. The fourth-order valence-electron chi connectivity index (χ4n) is 4.99. The number of cyclic esters (lactones) is 1. The molecule has 2 heterocycles. The van der Waals surface area contributed by atoms with Gasteiger partial charge in [-0.2, -0.15) is 0 Å². The van der Waals surface area contributed by atoms with Crippen molar-refractivity contribution in [3.63, 3.8) is 0 Å². The van der Waals surface area contributed by atoms with Crippen molar-refractivity contribution in [3.05, 3.63) is 88.7 Å². The summed E-state index contributed by atoms with van der Waals surface area (Å²) in [7, 11) is 0. The van der Waals surface area contributed by atoms with Crippen LogP contribution < -0.4 is 9.80 Å². The Labute approximate surface area is 197 Å². The number of ether oxygens (including phenoxy) is 1. The number of aromatic nitrogens is 1. The van der Waals surface area contributed by atoms with E-state index in [1.165, 1.54) is 5.69 Å². The molecule has 0 radical (unpaired) electrons. The van der Waals surface area contributed by atoms with Crippen LogP contribution in [0.3, 0.4) is 0 Å². The van der Waals surface area contributed by atoms with Gasteiger partial charge in [-0.25, -0.2) is 9.78 Å². The normalized spacial score (nSPS) is 16.9. The summed E-state index contributed by atoms with van der Waals surface area (Å²) in [4.78, 5) is 22.0. The monoisotopic (exact) mass is 443 g/mol. The smallest absolute Gasteiger partial charge is 0.358 e. The molecule has 0 amide bonds. The third-order valence-corrected chi connectivity index (χ3v) is 6.75. The van der Waals surface area contributed by atoms with Gasteiger partial charge < -0.3 is 14.5 Å². The fourth-order valence-corrected chi connectivity index (χ4v) is 4.99. The molecule has 1 aliphatic rings. The quantitative estimate of drug-likeness (QED) is 0.428. The van der Waals surface area contributed by atoms with E-state index in [0.29, 0.717) is 5.69 Å². The second-order valence-corrected chi connectivity index (χ2v) is 8.36. The van der Waals surface area contributed by atoms with E-state index in [9.17, 15) is 4.79 Å². The van der Waals surface area contributed by atoms with Crippen molar-refractivity contribution in [3.8, 4) is 0 Å². The van der Waals surface area contributed by atoms with E-state index in [2.05, 4.69) is 91.9 Å². The first-order valence-corrected chi connectivity index (χ1v) is 11.9. The lowest BCUT2D eigenvalue weighted by Gasteiger charge is -2.33. The summed E-state index contributed by atoms with van der Waals surface area (Å²) in [5.74, 6) is -0.384. The third-order valence-electron chi connectivity index (χ3n) is 6.75. The van der Waals surface area contributed by atoms with Crippen LogP contribution in [0.2, 0.25) is 0 Å². The number of benzene rings is 2. The van der Waals surface area contributed by atoms with Crippen LogP contribution in [0.5, 0.6) is 0 Å². The lowest BCUT2D eigenvalue weighted by atomic mass is 9.78. The molecule has 0 saturated heterocycles. The van der Waals surface area contributed by atoms with Crippen LogP contribution in [0, 0.1) is 6.92 Å². The van der Waals surface area contributed by atoms with E-state index in [1.807, 2.05) is 12.1 Å². The van der Waals surface area contributed by atoms with Crippen LogP contribution in [0.15, 0.2) is 60.8 Å². The fraction of sp³-hybridized carbons (Fsp3) is 0.357. The number of nitrogens with zero attached hydrogens (tertiary/aromatic N) is 3. The maximum Gasteiger partial charge on any atom is 0.358 e. The van der Waals surface area contributed by atoms with E-state index < -0.39 is 5.60 Å². The van der Waals surface area contributed by atoms with Crippen LogP contribution in [0.4, 0.5) is 11.4 Å². The maximum absolute atomic E-state index is 13.0. The summed E-state index contributed by atoms with van der Waals surface area (Å²) in [5.41, 5.74) is 5.46. The Morgan fingerprint density at radius 3 is 2.03 bits per heavy atom. The second-order valence-electron chi connectivity index (χ2n) is 8.36. The Morgan fingerprint density at radius 2 is 1.42 bits per heavy atom. The molecule has 4 rings (SSSR count). The highest BCUT2D eigenvalue weighted by Crippen LogP contribution is 2.48. The molecule has 2 aromatic carbocycles. The molecule has 5 heteroatoms. The topological polar surface area (TPSA) is 45.7 Å². The Kier molecular flexibility index (Phi) is 6.41. The van der Waals surface area contributed by atoms with Crippen molar-refractivity contribution in [2.45, 2.75) is 40.2 Å². The standard InChI is InChI=1S/C28H33N3O2/c1-6-30(7-2)22-14-12-21(13-15-22)28(25-11-10-18-29-26(25)27(32)33-28)24-17-16-23(19-20(24)5)31(8-3)9-4/h10-19H,6-9H2,1-5H3. The van der Waals surface area contributed by atoms with Gasteiger partial charge in [-0.3, -0.25) is 0 Å². The first kappa shape index (κ1) is 22.8. The molecule has 3 aromatic rings. The zero-order chi connectivity index (χ0) is 23.6. The highest BCUT2D eigenvalue weighted by Gasteiger charge is 2.50. The van der Waals surface area contributed by atoms with Gasteiger partial charge in [0.15, 0.2) is 11.3 Å². The molecule has 1 unspecified atom stereocenters. The minimum atomic E-state index is -1.02. The van der Waals surface area contributed by atoms with Gasteiger partial charge in [-0.15, -0.1) is 0 Å². The molecule has 1 atom stereocenters. The van der Waals surface area contributed by atoms with Crippen molar-refractivity contribution >= 4 is 17.3 Å². The first-order chi connectivity index (χ1) is 16.0. The van der Waals surface area contributed by atoms with Gasteiger partial charge in [-0.05, 0) is 70.5 Å². The van der Waals surface area contributed by atoms with Gasteiger partial charge >= 0.3 is 5.97 Å². The zero-order valence-electron chi connectivity index (χ0n) is 20.3. The molecular weight excluding hydrogens is 410 g/mol. The van der Waals surface area contributed by atoms with E-state index in [-0.39, 0.29) is 5.97 Å². The molecule has 33 heavy (non-hydrogen) atoms. The van der Waals surface area contributed by atoms with Gasteiger partial charge in [0.2, 0.25) is 0 Å². The Balaban J connectivity index is 1.91. The molecule has 1 aromatic heterocycles. The third kappa shape index (κ3) is 3.75. The van der Waals surface area contributed by atoms with E-state index >= 15 is 0 Å². The highest BCUT2D eigenvalue weighted by atomic mass is 16.6. The van der Waals surface area contributed by atoms with Gasteiger partial charge in [0.25, 0.3) is 0 Å². The van der Waals surface area contributed by atoms with Crippen molar-refractivity contribution in [1.29, 1.82) is 0 Å². The number of esters is 1. The number of carbonyl (C=O) groups is 1. The number of carbonyl (C=O) groups excluding carboxylic acids is 1. The van der Waals surface area contributed by atoms with Crippen molar-refractivity contribution in [2.24, 2.45) is 0 Å². The largest absolute Gasteiger partial charge is 0.439 e. The predicted octanol–water partition coefficient (Wildman–Crippen LogP) is 5.54. The number of aryl methyl sites for hydroxylation is 1. The van der Waals surface area contributed by atoms with Crippen LogP contribution in [-0.2, 0) is 10.3 Å². The number of fused-ring (bicyclic) bond motifs is 1. The average molecular weight is 444 g/mol. The number of hydrogen-bond donors (Lipinski definition) is 0. The molecule has 0 aliphatic carbocycles. The van der Waals surface area contributed by atoms with Crippen LogP contribution in [-0.4, -0.2) is 37.1 Å². The molecule has 0 fully saturated rings. The summed E-state index contributed by atoms with van der Waals surface area (Å²) in [6.45, 7) is 14.5. The van der Waals surface area contributed by atoms with Gasteiger partial charge in [0.1, 0.15) is 0 Å². The summed E-state index contributed by atoms with van der Waals surface area (Å²) >= 11 is 0. The lowest BCUT2D eigenvalue weighted by molar-refractivity contribution is 0.0247. The van der Waals surface area contributed by atoms with Crippen LogP contribution >= 0.6 is 0 Å². The molecule has 0 bridgehead atoms. The molecule has 0 saturated carbocycles. The average Bonchev–Trinajstić information content (AvgIpc) is 3.14. The molecule has 0 N–H and O–H groups in total.